The van der Waals surface area contributed by atoms with Gasteiger partial charge in [0.1, 0.15) is 18.4 Å². The molecule has 1 unspecified atom stereocenters. The summed E-state index contributed by atoms with van der Waals surface area (Å²) in [5.41, 5.74) is 1.20. The van der Waals surface area contributed by atoms with Gasteiger partial charge in [-0.2, -0.15) is 5.10 Å². The van der Waals surface area contributed by atoms with Crippen molar-refractivity contribution in [3.63, 3.8) is 0 Å². The second-order valence-corrected chi connectivity index (χ2v) is 4.56. The molecule has 19 heavy (non-hydrogen) atoms. The Morgan fingerprint density at radius 3 is 3.11 bits per heavy atom. The highest BCUT2D eigenvalue weighted by molar-refractivity contribution is 5.75. The number of nitrogens with zero attached hydrogens (tertiary/aromatic N) is 2. The molecule has 1 aromatic heterocycles. The van der Waals surface area contributed by atoms with Crippen LogP contribution in [0.5, 0.6) is 5.75 Å². The number of fused-ring (bicyclic) bond motifs is 1. The first kappa shape index (κ1) is 11.8. The molecule has 1 aromatic carbocycles. The molecular formula is C14H15N3O2. The lowest BCUT2D eigenvalue weighted by Crippen LogP contribution is -2.36. The van der Waals surface area contributed by atoms with E-state index in [1.165, 1.54) is 5.56 Å². The van der Waals surface area contributed by atoms with Crippen LogP contribution in [-0.2, 0) is 17.8 Å². The van der Waals surface area contributed by atoms with E-state index >= 15 is 0 Å². The normalized spacial score (nSPS) is 16.7. The predicted octanol–water partition coefficient (Wildman–Crippen LogP) is 1.00. The first-order valence-electron chi connectivity index (χ1n) is 6.30. The summed E-state index contributed by atoms with van der Waals surface area (Å²) in [4.78, 5) is 11.7. The molecule has 1 amide bonds. The molecule has 1 aliphatic rings. The standard InChI is InChI=1S/C14H15N3O2/c18-14(10-17-7-3-6-16-17)15-9-12-8-11-4-1-2-5-13(11)19-12/h1-7,12H,8-10H2,(H,15,18). The van der Waals surface area contributed by atoms with Crippen molar-refractivity contribution in [2.75, 3.05) is 6.54 Å². The average molecular weight is 257 g/mol. The van der Waals surface area contributed by atoms with Crippen LogP contribution in [0.3, 0.4) is 0 Å². The molecule has 0 fully saturated rings. The van der Waals surface area contributed by atoms with E-state index in [0.717, 1.165) is 12.2 Å². The second kappa shape index (κ2) is 5.14. The molecule has 0 saturated heterocycles. The van der Waals surface area contributed by atoms with Gasteiger partial charge in [0.05, 0.1) is 6.54 Å². The van der Waals surface area contributed by atoms with Crippen molar-refractivity contribution in [1.82, 2.24) is 15.1 Å². The van der Waals surface area contributed by atoms with E-state index in [-0.39, 0.29) is 18.6 Å². The van der Waals surface area contributed by atoms with Crippen molar-refractivity contribution >= 4 is 5.91 Å². The van der Waals surface area contributed by atoms with Gasteiger partial charge in [-0.25, -0.2) is 0 Å². The summed E-state index contributed by atoms with van der Waals surface area (Å²) in [6.45, 7) is 0.765. The molecule has 5 heteroatoms. The van der Waals surface area contributed by atoms with Crippen molar-refractivity contribution in [2.24, 2.45) is 0 Å². The number of hydrogen-bond acceptors (Lipinski definition) is 3. The third-order valence-electron chi connectivity index (χ3n) is 3.11. The van der Waals surface area contributed by atoms with Crippen LogP contribution in [0, 0.1) is 0 Å². The van der Waals surface area contributed by atoms with E-state index < -0.39 is 0 Å². The summed E-state index contributed by atoms with van der Waals surface area (Å²) in [5.74, 6) is 0.872. The minimum absolute atomic E-state index is 0.0268. The molecule has 1 aliphatic heterocycles. The largest absolute Gasteiger partial charge is 0.488 e. The highest BCUT2D eigenvalue weighted by atomic mass is 16.5. The predicted molar refractivity (Wildman–Crippen MR) is 69.8 cm³/mol. The molecule has 1 N–H and O–H groups in total. The number of amides is 1. The van der Waals surface area contributed by atoms with Gasteiger partial charge in [-0.15, -0.1) is 0 Å². The van der Waals surface area contributed by atoms with Gasteiger partial charge >= 0.3 is 0 Å². The molecule has 3 rings (SSSR count). The number of carbonyl (C=O) groups excluding carboxylic acids is 1. The summed E-state index contributed by atoms with van der Waals surface area (Å²) >= 11 is 0. The van der Waals surface area contributed by atoms with E-state index in [9.17, 15) is 4.79 Å². The Kier molecular flexibility index (Phi) is 3.18. The monoisotopic (exact) mass is 257 g/mol. The van der Waals surface area contributed by atoms with Gasteiger partial charge < -0.3 is 10.1 Å². The Morgan fingerprint density at radius 1 is 1.42 bits per heavy atom. The number of hydrogen-bond donors (Lipinski definition) is 1. The van der Waals surface area contributed by atoms with Gasteiger partial charge in [0.15, 0.2) is 0 Å². The molecule has 1 atom stereocenters. The van der Waals surface area contributed by atoms with E-state index in [0.29, 0.717) is 6.54 Å². The Morgan fingerprint density at radius 2 is 2.32 bits per heavy atom. The molecule has 98 valence electrons. The molecular weight excluding hydrogens is 242 g/mol. The SMILES string of the molecule is O=C(Cn1cccn1)NCC1Cc2ccccc2O1. The summed E-state index contributed by atoms with van der Waals surface area (Å²) < 4.78 is 7.35. The second-order valence-electron chi connectivity index (χ2n) is 4.56. The number of ether oxygens (including phenoxy) is 1. The van der Waals surface area contributed by atoms with Crippen LogP contribution in [-0.4, -0.2) is 28.3 Å². The van der Waals surface area contributed by atoms with Crippen LogP contribution in [0.4, 0.5) is 0 Å². The summed E-state index contributed by atoms with van der Waals surface area (Å²) in [6.07, 6.45) is 4.29. The van der Waals surface area contributed by atoms with Crippen molar-refractivity contribution in [3.8, 4) is 5.75 Å². The average Bonchev–Trinajstić information content (AvgIpc) is 3.04. The maximum Gasteiger partial charge on any atom is 0.241 e. The molecule has 0 bridgehead atoms. The van der Waals surface area contributed by atoms with E-state index in [1.807, 2.05) is 18.2 Å². The minimum atomic E-state index is -0.0525. The van der Waals surface area contributed by atoms with Crippen LogP contribution in [0.2, 0.25) is 0 Å². The van der Waals surface area contributed by atoms with Crippen molar-refractivity contribution in [1.29, 1.82) is 0 Å². The smallest absolute Gasteiger partial charge is 0.241 e. The number of nitrogens with one attached hydrogen (secondary N) is 1. The zero-order chi connectivity index (χ0) is 13.1. The first-order chi connectivity index (χ1) is 9.31. The van der Waals surface area contributed by atoms with Gasteiger partial charge in [0.25, 0.3) is 0 Å². The minimum Gasteiger partial charge on any atom is -0.488 e. The van der Waals surface area contributed by atoms with Gasteiger partial charge in [-0.1, -0.05) is 18.2 Å². The van der Waals surface area contributed by atoms with Gasteiger partial charge in [0.2, 0.25) is 5.91 Å². The maximum atomic E-state index is 11.7. The quantitative estimate of drug-likeness (QED) is 0.889. The van der Waals surface area contributed by atoms with Crippen molar-refractivity contribution in [2.45, 2.75) is 19.1 Å². The first-order valence-corrected chi connectivity index (χ1v) is 6.30. The molecule has 5 nitrogen and oxygen atoms in total. The fraction of sp³-hybridized carbons (Fsp3) is 0.286. The Labute approximate surface area is 111 Å². The number of benzene rings is 1. The molecule has 0 saturated carbocycles. The van der Waals surface area contributed by atoms with E-state index in [2.05, 4.69) is 16.5 Å². The van der Waals surface area contributed by atoms with Crippen LogP contribution in [0.15, 0.2) is 42.7 Å². The summed E-state index contributed by atoms with van der Waals surface area (Å²) in [6, 6.07) is 9.77. The lowest BCUT2D eigenvalue weighted by Gasteiger charge is -2.11. The summed E-state index contributed by atoms with van der Waals surface area (Å²) in [5, 5.41) is 6.87. The zero-order valence-electron chi connectivity index (χ0n) is 10.5. The van der Waals surface area contributed by atoms with Gasteiger partial charge in [-0.3, -0.25) is 9.48 Å². The molecule has 0 radical (unpaired) electrons. The molecule has 0 spiro atoms. The number of para-hydroxylation sites is 1. The lowest BCUT2D eigenvalue weighted by molar-refractivity contribution is -0.122. The summed E-state index contributed by atoms with van der Waals surface area (Å²) in [7, 11) is 0. The fourth-order valence-electron chi connectivity index (χ4n) is 2.19. The van der Waals surface area contributed by atoms with Gasteiger partial charge in [0, 0.05) is 18.8 Å². The van der Waals surface area contributed by atoms with Crippen molar-refractivity contribution in [3.05, 3.63) is 48.3 Å². The van der Waals surface area contributed by atoms with Crippen LogP contribution in [0.1, 0.15) is 5.56 Å². The Bertz CT molecular complexity index is 541. The number of rotatable bonds is 4. The highest BCUT2D eigenvalue weighted by Crippen LogP contribution is 2.27. The lowest BCUT2D eigenvalue weighted by atomic mass is 10.1. The van der Waals surface area contributed by atoms with Crippen LogP contribution >= 0.6 is 0 Å². The Hall–Kier alpha value is -2.30. The molecule has 2 aromatic rings. The van der Waals surface area contributed by atoms with Crippen LogP contribution in [0.25, 0.3) is 0 Å². The number of carbonyl (C=O) groups is 1. The van der Waals surface area contributed by atoms with E-state index in [4.69, 9.17) is 4.74 Å². The third-order valence-corrected chi connectivity index (χ3v) is 3.11. The Balaban J connectivity index is 1.48. The zero-order valence-corrected chi connectivity index (χ0v) is 10.5. The molecule has 2 heterocycles. The van der Waals surface area contributed by atoms with Gasteiger partial charge in [-0.05, 0) is 17.7 Å². The fourth-order valence-corrected chi connectivity index (χ4v) is 2.19. The maximum absolute atomic E-state index is 11.7. The van der Waals surface area contributed by atoms with E-state index in [1.54, 1.807) is 23.1 Å². The molecule has 0 aliphatic carbocycles. The number of aromatic nitrogens is 2. The topological polar surface area (TPSA) is 56.2 Å². The van der Waals surface area contributed by atoms with Crippen molar-refractivity contribution < 1.29 is 9.53 Å². The third kappa shape index (κ3) is 2.76. The van der Waals surface area contributed by atoms with Crippen LogP contribution < -0.4 is 10.1 Å². The highest BCUT2D eigenvalue weighted by Gasteiger charge is 2.22.